The molecule has 0 aliphatic carbocycles. The first kappa shape index (κ1) is 20.3. The van der Waals surface area contributed by atoms with Gasteiger partial charge in [-0.15, -0.1) is 0 Å². The number of nitriles is 1. The lowest BCUT2D eigenvalue weighted by atomic mass is 10.1. The normalized spacial score (nSPS) is 10.5. The van der Waals surface area contributed by atoms with Gasteiger partial charge in [-0.2, -0.15) is 5.26 Å². The fourth-order valence-electron chi connectivity index (χ4n) is 3.00. The van der Waals surface area contributed by atoms with E-state index in [-0.39, 0.29) is 5.56 Å². The maximum Gasteiger partial charge on any atom is 0.338 e. The number of amides is 1. The van der Waals surface area contributed by atoms with Crippen LogP contribution in [-0.4, -0.2) is 23.5 Å². The fraction of sp³-hybridized carbons (Fsp3) is 0.0833. The van der Waals surface area contributed by atoms with Crippen molar-refractivity contribution in [3.05, 3.63) is 89.5 Å². The molecule has 4 aromatic rings. The Morgan fingerprint density at radius 1 is 1.06 bits per heavy atom. The number of hydrogen-bond acceptors (Lipinski definition) is 6. The highest BCUT2D eigenvalue weighted by atomic mass is 32.1. The van der Waals surface area contributed by atoms with Crippen LogP contribution in [0.15, 0.2) is 72.8 Å². The minimum atomic E-state index is -0.668. The van der Waals surface area contributed by atoms with E-state index < -0.39 is 18.5 Å². The molecule has 0 atom stereocenters. The number of nitrogens with zero attached hydrogens (tertiary/aromatic N) is 3. The number of carbonyl (C=O) groups is 2. The van der Waals surface area contributed by atoms with E-state index in [2.05, 4.69) is 4.98 Å². The van der Waals surface area contributed by atoms with E-state index in [0.29, 0.717) is 16.4 Å². The summed E-state index contributed by atoms with van der Waals surface area (Å²) in [6.07, 6.45) is 0. The lowest BCUT2D eigenvalue weighted by Crippen LogP contribution is -2.30. The number of benzene rings is 3. The zero-order chi connectivity index (χ0) is 21.8. The van der Waals surface area contributed by atoms with Crippen LogP contribution < -0.4 is 4.90 Å². The topological polar surface area (TPSA) is 83.3 Å². The Labute approximate surface area is 183 Å². The Morgan fingerprint density at radius 3 is 2.58 bits per heavy atom. The summed E-state index contributed by atoms with van der Waals surface area (Å²) in [5, 5.41) is 9.50. The van der Waals surface area contributed by atoms with Crippen molar-refractivity contribution in [1.29, 1.82) is 5.26 Å². The number of thiazole rings is 1. The molecule has 0 radical (unpaired) electrons. The number of anilines is 2. The van der Waals surface area contributed by atoms with Gasteiger partial charge in [-0.25, -0.2) is 9.78 Å². The molecule has 0 fully saturated rings. The van der Waals surface area contributed by atoms with Crippen molar-refractivity contribution in [2.75, 3.05) is 11.5 Å². The van der Waals surface area contributed by atoms with Crippen molar-refractivity contribution in [2.24, 2.45) is 0 Å². The van der Waals surface area contributed by atoms with Crippen molar-refractivity contribution >= 4 is 44.2 Å². The third-order valence-electron chi connectivity index (χ3n) is 4.57. The summed E-state index contributed by atoms with van der Waals surface area (Å²) < 4.78 is 6.20. The third-order valence-corrected chi connectivity index (χ3v) is 5.59. The summed E-state index contributed by atoms with van der Waals surface area (Å²) >= 11 is 1.39. The molecule has 31 heavy (non-hydrogen) atoms. The molecule has 0 spiro atoms. The number of esters is 1. The molecule has 4 rings (SSSR count). The molecule has 0 bridgehead atoms. The summed E-state index contributed by atoms with van der Waals surface area (Å²) in [5.74, 6) is -1.09. The largest absolute Gasteiger partial charge is 0.452 e. The highest BCUT2D eigenvalue weighted by Crippen LogP contribution is 2.33. The van der Waals surface area contributed by atoms with Crippen LogP contribution in [0.25, 0.3) is 10.2 Å². The van der Waals surface area contributed by atoms with Gasteiger partial charge in [0.2, 0.25) is 0 Å². The molecule has 1 aromatic heterocycles. The van der Waals surface area contributed by atoms with Crippen molar-refractivity contribution < 1.29 is 14.3 Å². The predicted molar refractivity (Wildman–Crippen MR) is 119 cm³/mol. The quantitative estimate of drug-likeness (QED) is 0.419. The molecule has 1 amide bonds. The van der Waals surface area contributed by atoms with Crippen LogP contribution in [0.1, 0.15) is 21.5 Å². The Hall–Kier alpha value is -4.02. The number of carbonyl (C=O) groups excluding carboxylic acids is 2. The lowest BCUT2D eigenvalue weighted by Gasteiger charge is -2.20. The van der Waals surface area contributed by atoms with Gasteiger partial charge in [-0.05, 0) is 49.4 Å². The average Bonchev–Trinajstić information content (AvgIpc) is 3.22. The van der Waals surface area contributed by atoms with Crippen LogP contribution in [-0.2, 0) is 9.53 Å². The number of rotatable bonds is 5. The predicted octanol–water partition coefficient (Wildman–Crippen LogP) is 5.00. The first-order valence-corrected chi connectivity index (χ1v) is 10.3. The van der Waals surface area contributed by atoms with Crippen LogP contribution in [0.2, 0.25) is 0 Å². The Morgan fingerprint density at radius 2 is 1.84 bits per heavy atom. The van der Waals surface area contributed by atoms with E-state index in [0.717, 1.165) is 15.8 Å². The minimum Gasteiger partial charge on any atom is -0.452 e. The standard InChI is InChI=1S/C24H17N3O3S/c1-16-9-11-19(12-10-16)27(24-26-20-7-2-3-8-21(20)31-24)22(28)15-30-23(29)18-6-4-5-17(13-18)14-25/h2-13H,15H2,1H3. The van der Waals surface area contributed by atoms with E-state index in [1.54, 1.807) is 18.2 Å². The number of para-hydroxylation sites is 1. The summed E-state index contributed by atoms with van der Waals surface area (Å²) in [5.41, 5.74) is 3.05. The molecule has 0 saturated carbocycles. The molecule has 152 valence electrons. The second kappa shape index (κ2) is 8.78. The van der Waals surface area contributed by atoms with Gasteiger partial charge in [0, 0.05) is 0 Å². The zero-order valence-electron chi connectivity index (χ0n) is 16.6. The molecule has 0 aliphatic heterocycles. The van der Waals surface area contributed by atoms with Gasteiger partial charge >= 0.3 is 5.97 Å². The first-order chi connectivity index (χ1) is 15.0. The molecule has 3 aromatic carbocycles. The van der Waals surface area contributed by atoms with Crippen molar-refractivity contribution in [1.82, 2.24) is 4.98 Å². The summed E-state index contributed by atoms with van der Waals surface area (Å²) in [4.78, 5) is 31.6. The SMILES string of the molecule is Cc1ccc(N(C(=O)COC(=O)c2cccc(C#N)c2)c2nc3ccccc3s2)cc1. The third kappa shape index (κ3) is 4.44. The van der Waals surface area contributed by atoms with Gasteiger partial charge in [0.15, 0.2) is 11.7 Å². The van der Waals surface area contributed by atoms with Crippen molar-refractivity contribution in [3.8, 4) is 6.07 Å². The fourth-order valence-corrected chi connectivity index (χ4v) is 4.01. The average molecular weight is 427 g/mol. The van der Waals surface area contributed by atoms with Crippen LogP contribution >= 0.6 is 11.3 Å². The van der Waals surface area contributed by atoms with Crippen LogP contribution in [0.4, 0.5) is 10.8 Å². The van der Waals surface area contributed by atoms with Crippen LogP contribution in [0, 0.1) is 18.3 Å². The van der Waals surface area contributed by atoms with Crippen molar-refractivity contribution in [2.45, 2.75) is 6.92 Å². The lowest BCUT2D eigenvalue weighted by molar-refractivity contribution is -0.120. The highest BCUT2D eigenvalue weighted by molar-refractivity contribution is 7.22. The molecule has 0 saturated heterocycles. The van der Waals surface area contributed by atoms with Crippen LogP contribution in [0.5, 0.6) is 0 Å². The van der Waals surface area contributed by atoms with E-state index in [9.17, 15) is 9.59 Å². The Kier molecular flexibility index (Phi) is 5.74. The van der Waals surface area contributed by atoms with Crippen LogP contribution in [0.3, 0.4) is 0 Å². The maximum absolute atomic E-state index is 13.1. The molecule has 0 aliphatic rings. The molecular weight excluding hydrogens is 410 g/mol. The smallest absolute Gasteiger partial charge is 0.338 e. The van der Waals surface area contributed by atoms with E-state index in [4.69, 9.17) is 10.00 Å². The van der Waals surface area contributed by atoms with Gasteiger partial charge in [0.05, 0.1) is 33.1 Å². The highest BCUT2D eigenvalue weighted by Gasteiger charge is 2.23. The molecule has 7 heteroatoms. The van der Waals surface area contributed by atoms with E-state index in [1.807, 2.05) is 61.5 Å². The maximum atomic E-state index is 13.1. The molecular formula is C24H17N3O3S. The number of aryl methyl sites for hydroxylation is 1. The summed E-state index contributed by atoms with van der Waals surface area (Å²) in [6, 6.07) is 23.2. The van der Waals surface area contributed by atoms with E-state index in [1.165, 1.54) is 22.3 Å². The number of fused-ring (bicyclic) bond motifs is 1. The minimum absolute atomic E-state index is 0.216. The van der Waals surface area contributed by atoms with Gasteiger partial charge < -0.3 is 4.74 Å². The van der Waals surface area contributed by atoms with Crippen molar-refractivity contribution in [3.63, 3.8) is 0 Å². The Bertz CT molecular complexity index is 1270. The summed E-state index contributed by atoms with van der Waals surface area (Å²) in [7, 11) is 0. The molecule has 0 N–H and O–H groups in total. The molecule has 6 nitrogen and oxygen atoms in total. The van der Waals surface area contributed by atoms with Gasteiger partial charge in [0.25, 0.3) is 5.91 Å². The van der Waals surface area contributed by atoms with Gasteiger partial charge in [0.1, 0.15) is 0 Å². The number of aromatic nitrogens is 1. The Balaban J connectivity index is 1.60. The zero-order valence-corrected chi connectivity index (χ0v) is 17.4. The second-order valence-electron chi connectivity index (χ2n) is 6.80. The molecule has 1 heterocycles. The number of hydrogen-bond donors (Lipinski definition) is 0. The van der Waals surface area contributed by atoms with Gasteiger partial charge in [-0.1, -0.05) is 47.2 Å². The molecule has 0 unspecified atom stereocenters. The summed E-state index contributed by atoms with van der Waals surface area (Å²) in [6.45, 7) is 1.50. The van der Waals surface area contributed by atoms with Gasteiger partial charge in [-0.3, -0.25) is 9.69 Å². The first-order valence-electron chi connectivity index (χ1n) is 9.47. The van der Waals surface area contributed by atoms with E-state index >= 15 is 0 Å². The second-order valence-corrected chi connectivity index (χ2v) is 7.81. The monoisotopic (exact) mass is 427 g/mol. The number of ether oxygens (including phenoxy) is 1.